The first-order valence-electron chi connectivity index (χ1n) is 5.55. The molecule has 0 aliphatic rings. The van der Waals surface area contributed by atoms with Gasteiger partial charge in [0.25, 0.3) is 0 Å². The van der Waals surface area contributed by atoms with Gasteiger partial charge in [0, 0.05) is 11.3 Å². The lowest BCUT2D eigenvalue weighted by atomic mass is 9.99. The molecular formula is C15H15NS. The van der Waals surface area contributed by atoms with Gasteiger partial charge in [0.1, 0.15) is 0 Å². The van der Waals surface area contributed by atoms with Crippen LogP contribution in [0.2, 0.25) is 0 Å². The van der Waals surface area contributed by atoms with E-state index in [4.69, 9.17) is 12.2 Å². The molecule has 0 saturated heterocycles. The molecule has 2 heteroatoms. The van der Waals surface area contributed by atoms with Gasteiger partial charge in [0.05, 0.1) is 4.99 Å². The molecule has 0 fully saturated rings. The minimum atomic E-state index is 0.736. The molecule has 0 aliphatic carbocycles. The Kier molecular flexibility index (Phi) is 3.25. The van der Waals surface area contributed by atoms with Crippen molar-refractivity contribution in [1.29, 1.82) is 0 Å². The molecule has 86 valence electrons. The largest absolute Gasteiger partial charge is 0.350 e. The highest BCUT2D eigenvalue weighted by molar-refractivity contribution is 7.80. The second-order valence-electron chi connectivity index (χ2n) is 4.14. The van der Waals surface area contributed by atoms with E-state index in [1.807, 2.05) is 13.0 Å². The molecule has 0 bridgehead atoms. The predicted molar refractivity (Wildman–Crippen MR) is 79.1 cm³/mol. The monoisotopic (exact) mass is 241 g/mol. The fraction of sp³-hybridized carbons (Fsp3) is 0.133. The first kappa shape index (κ1) is 11.8. The highest BCUT2D eigenvalue weighted by atomic mass is 32.1. The SMILES string of the molecule is C=C(NC(C)=S)c1ccc(C)c2ccccc12. The molecule has 0 aromatic heterocycles. The fourth-order valence-corrected chi connectivity index (χ4v) is 2.12. The van der Waals surface area contributed by atoms with Gasteiger partial charge >= 0.3 is 0 Å². The van der Waals surface area contributed by atoms with Gasteiger partial charge in [-0.1, -0.05) is 55.2 Å². The summed E-state index contributed by atoms with van der Waals surface area (Å²) in [5.74, 6) is 0. The van der Waals surface area contributed by atoms with E-state index < -0.39 is 0 Å². The number of fused-ring (bicyclic) bond motifs is 1. The first-order valence-corrected chi connectivity index (χ1v) is 5.95. The van der Waals surface area contributed by atoms with Crippen LogP contribution in [-0.4, -0.2) is 4.99 Å². The maximum atomic E-state index is 5.05. The maximum absolute atomic E-state index is 5.05. The third kappa shape index (κ3) is 2.37. The number of benzene rings is 2. The standard InChI is InChI=1S/C15H15NS/c1-10-8-9-14(11(2)16-12(3)17)15-7-5-4-6-13(10)15/h4-9H,2H2,1,3H3,(H,16,17). The number of thiocarbonyl (C=S) groups is 1. The quantitative estimate of drug-likeness (QED) is 0.796. The molecule has 2 aromatic carbocycles. The van der Waals surface area contributed by atoms with Crippen molar-refractivity contribution in [1.82, 2.24) is 5.32 Å². The molecular weight excluding hydrogens is 226 g/mol. The molecule has 0 amide bonds. The van der Waals surface area contributed by atoms with Crippen molar-refractivity contribution in [3.63, 3.8) is 0 Å². The molecule has 0 unspecified atom stereocenters. The summed E-state index contributed by atoms with van der Waals surface area (Å²) in [6.45, 7) is 8.02. The Morgan fingerprint density at radius 1 is 1.12 bits per heavy atom. The summed E-state index contributed by atoms with van der Waals surface area (Å²) >= 11 is 5.05. The summed E-state index contributed by atoms with van der Waals surface area (Å²) in [4.78, 5) is 0.736. The van der Waals surface area contributed by atoms with Gasteiger partial charge in [-0.3, -0.25) is 0 Å². The molecule has 0 heterocycles. The molecule has 1 N–H and O–H groups in total. The third-order valence-electron chi connectivity index (χ3n) is 2.79. The molecule has 2 rings (SSSR count). The minimum absolute atomic E-state index is 0.736. The lowest BCUT2D eigenvalue weighted by Gasteiger charge is -2.12. The minimum Gasteiger partial charge on any atom is -0.350 e. The van der Waals surface area contributed by atoms with Crippen LogP contribution in [0.4, 0.5) is 0 Å². The number of aryl methyl sites for hydroxylation is 1. The highest BCUT2D eigenvalue weighted by Gasteiger charge is 2.06. The van der Waals surface area contributed by atoms with E-state index in [2.05, 4.69) is 49.2 Å². The third-order valence-corrected chi connectivity index (χ3v) is 2.90. The lowest BCUT2D eigenvalue weighted by molar-refractivity contribution is 1.32. The van der Waals surface area contributed by atoms with E-state index in [-0.39, 0.29) is 0 Å². The van der Waals surface area contributed by atoms with Gasteiger partial charge in [-0.15, -0.1) is 0 Å². The second-order valence-corrected chi connectivity index (χ2v) is 4.75. The van der Waals surface area contributed by atoms with Gasteiger partial charge in [0.15, 0.2) is 0 Å². The van der Waals surface area contributed by atoms with Gasteiger partial charge in [-0.2, -0.15) is 0 Å². The normalized spacial score (nSPS) is 10.2. The Morgan fingerprint density at radius 2 is 1.76 bits per heavy atom. The molecule has 2 aromatic rings. The van der Waals surface area contributed by atoms with Crippen LogP contribution in [0.15, 0.2) is 43.0 Å². The molecule has 0 radical (unpaired) electrons. The Bertz CT molecular complexity index is 599. The van der Waals surface area contributed by atoms with Crippen molar-refractivity contribution in [2.75, 3.05) is 0 Å². The number of nitrogens with one attached hydrogen (secondary N) is 1. The first-order chi connectivity index (χ1) is 8.09. The zero-order valence-electron chi connectivity index (χ0n) is 10.1. The molecule has 0 saturated carbocycles. The molecule has 0 atom stereocenters. The second kappa shape index (κ2) is 4.68. The Hall–Kier alpha value is -1.67. The summed E-state index contributed by atoms with van der Waals surface area (Å²) < 4.78 is 0. The zero-order valence-corrected chi connectivity index (χ0v) is 10.9. The van der Waals surface area contributed by atoms with Crippen LogP contribution < -0.4 is 5.32 Å². The molecule has 0 aliphatic heterocycles. The van der Waals surface area contributed by atoms with Crippen LogP contribution in [-0.2, 0) is 0 Å². The Morgan fingerprint density at radius 3 is 2.41 bits per heavy atom. The van der Waals surface area contributed by atoms with Gasteiger partial charge in [-0.25, -0.2) is 0 Å². The smallest absolute Gasteiger partial charge is 0.0765 e. The van der Waals surface area contributed by atoms with Crippen LogP contribution in [0, 0.1) is 6.92 Å². The number of hydrogen-bond acceptors (Lipinski definition) is 1. The number of rotatable bonds is 2. The van der Waals surface area contributed by atoms with E-state index in [0.717, 1.165) is 16.2 Å². The van der Waals surface area contributed by atoms with E-state index in [0.29, 0.717) is 0 Å². The Balaban J connectivity index is 2.59. The van der Waals surface area contributed by atoms with Crippen molar-refractivity contribution < 1.29 is 0 Å². The molecule has 0 spiro atoms. The Labute approximate surface area is 107 Å². The van der Waals surface area contributed by atoms with Crippen molar-refractivity contribution in [3.8, 4) is 0 Å². The van der Waals surface area contributed by atoms with Gasteiger partial charge in [0.2, 0.25) is 0 Å². The van der Waals surface area contributed by atoms with Crippen LogP contribution in [0.1, 0.15) is 18.1 Å². The van der Waals surface area contributed by atoms with Crippen molar-refractivity contribution in [2.24, 2.45) is 0 Å². The van der Waals surface area contributed by atoms with Crippen molar-refractivity contribution in [3.05, 3.63) is 54.1 Å². The van der Waals surface area contributed by atoms with Crippen LogP contribution in [0.25, 0.3) is 16.5 Å². The average Bonchev–Trinajstić information content (AvgIpc) is 2.29. The summed E-state index contributed by atoms with van der Waals surface area (Å²) in [6.07, 6.45) is 0. The molecule has 1 nitrogen and oxygen atoms in total. The van der Waals surface area contributed by atoms with E-state index in [9.17, 15) is 0 Å². The fourth-order valence-electron chi connectivity index (χ4n) is 1.99. The van der Waals surface area contributed by atoms with E-state index in [1.54, 1.807) is 0 Å². The van der Waals surface area contributed by atoms with Gasteiger partial charge in [-0.05, 0) is 30.2 Å². The number of hydrogen-bond donors (Lipinski definition) is 1. The highest BCUT2D eigenvalue weighted by Crippen LogP contribution is 2.25. The van der Waals surface area contributed by atoms with Gasteiger partial charge < -0.3 is 5.32 Å². The van der Waals surface area contributed by atoms with Crippen LogP contribution in [0.3, 0.4) is 0 Å². The average molecular weight is 241 g/mol. The van der Waals surface area contributed by atoms with Crippen LogP contribution in [0.5, 0.6) is 0 Å². The summed E-state index contributed by atoms with van der Waals surface area (Å²) in [6, 6.07) is 12.5. The summed E-state index contributed by atoms with van der Waals surface area (Å²) in [5.41, 5.74) is 3.24. The van der Waals surface area contributed by atoms with Crippen molar-refractivity contribution in [2.45, 2.75) is 13.8 Å². The van der Waals surface area contributed by atoms with E-state index in [1.165, 1.54) is 16.3 Å². The lowest BCUT2D eigenvalue weighted by Crippen LogP contribution is -2.15. The predicted octanol–water partition coefficient (Wildman–Crippen LogP) is 4.06. The van der Waals surface area contributed by atoms with Crippen molar-refractivity contribution >= 4 is 33.7 Å². The molecule has 17 heavy (non-hydrogen) atoms. The maximum Gasteiger partial charge on any atom is 0.0765 e. The van der Waals surface area contributed by atoms with Crippen LogP contribution >= 0.6 is 12.2 Å². The topological polar surface area (TPSA) is 12.0 Å². The zero-order chi connectivity index (χ0) is 12.4. The van der Waals surface area contributed by atoms with E-state index >= 15 is 0 Å². The summed E-state index contributed by atoms with van der Waals surface area (Å²) in [7, 11) is 0. The summed E-state index contributed by atoms with van der Waals surface area (Å²) in [5, 5.41) is 5.58.